The Morgan fingerprint density at radius 2 is 1.82 bits per heavy atom. The summed E-state index contributed by atoms with van der Waals surface area (Å²) in [6, 6.07) is 12.7. The Bertz CT molecular complexity index is 830. The third-order valence-corrected chi connectivity index (χ3v) is 4.81. The highest BCUT2D eigenvalue weighted by molar-refractivity contribution is 5.99. The zero-order valence-corrected chi connectivity index (χ0v) is 16.0. The maximum Gasteiger partial charge on any atom is 0.282 e. The number of anilines is 1. The first-order chi connectivity index (χ1) is 13.6. The quantitative estimate of drug-likeness (QED) is 0.550. The molecule has 0 saturated carbocycles. The van der Waals surface area contributed by atoms with Crippen molar-refractivity contribution in [1.29, 1.82) is 0 Å². The number of hydrogen-bond acceptors (Lipinski definition) is 5. The van der Waals surface area contributed by atoms with Gasteiger partial charge in [-0.25, -0.2) is 0 Å². The average molecular weight is 383 g/mol. The van der Waals surface area contributed by atoms with Crippen LogP contribution in [0.4, 0.5) is 11.4 Å². The fourth-order valence-electron chi connectivity index (χ4n) is 3.24. The lowest BCUT2D eigenvalue weighted by Crippen LogP contribution is -2.28. The molecule has 3 rings (SSSR count). The molecule has 0 unspecified atom stereocenters. The zero-order valence-electron chi connectivity index (χ0n) is 16.0. The summed E-state index contributed by atoms with van der Waals surface area (Å²) in [5.41, 5.74) is 2.86. The van der Waals surface area contributed by atoms with Crippen molar-refractivity contribution in [2.75, 3.05) is 25.0 Å². The number of nitrogens with one attached hydrogen (secondary N) is 1. The van der Waals surface area contributed by atoms with E-state index in [0.717, 1.165) is 24.0 Å². The van der Waals surface area contributed by atoms with E-state index in [0.29, 0.717) is 38.5 Å². The number of nitro groups is 1. The summed E-state index contributed by atoms with van der Waals surface area (Å²) in [6.07, 6.45) is 1.88. The fourth-order valence-corrected chi connectivity index (χ4v) is 3.24. The molecule has 1 fully saturated rings. The van der Waals surface area contributed by atoms with E-state index in [9.17, 15) is 14.9 Å². The van der Waals surface area contributed by atoms with Crippen molar-refractivity contribution in [1.82, 2.24) is 4.90 Å². The van der Waals surface area contributed by atoms with Gasteiger partial charge >= 0.3 is 0 Å². The van der Waals surface area contributed by atoms with Gasteiger partial charge in [-0.15, -0.1) is 0 Å². The summed E-state index contributed by atoms with van der Waals surface area (Å²) in [5.74, 6) is -0.270. The van der Waals surface area contributed by atoms with Gasteiger partial charge in [-0.3, -0.25) is 14.9 Å². The predicted molar refractivity (Wildman–Crippen MR) is 107 cm³/mol. The van der Waals surface area contributed by atoms with Gasteiger partial charge in [0.05, 0.1) is 11.5 Å². The van der Waals surface area contributed by atoms with Crippen LogP contribution in [0.5, 0.6) is 0 Å². The molecule has 0 atom stereocenters. The van der Waals surface area contributed by atoms with E-state index in [4.69, 9.17) is 4.74 Å². The molecule has 1 N–H and O–H groups in total. The largest absolute Gasteiger partial charge is 0.381 e. The van der Waals surface area contributed by atoms with Gasteiger partial charge in [-0.05, 0) is 43.0 Å². The Hall–Kier alpha value is -2.93. The SMILES string of the molecule is CCOCc1ccc(CNc2ccc([N+](=O)[O-])c(C(=O)N3CCCC3)c2)cc1. The molecule has 1 amide bonds. The maximum atomic E-state index is 12.7. The average Bonchev–Trinajstić information content (AvgIpc) is 3.25. The highest BCUT2D eigenvalue weighted by Gasteiger charge is 2.26. The number of hydrogen-bond donors (Lipinski definition) is 1. The monoisotopic (exact) mass is 383 g/mol. The second kappa shape index (κ2) is 9.32. The van der Waals surface area contributed by atoms with Crippen molar-refractivity contribution < 1.29 is 14.5 Å². The second-order valence-electron chi connectivity index (χ2n) is 6.80. The van der Waals surface area contributed by atoms with Crippen LogP contribution in [0, 0.1) is 10.1 Å². The summed E-state index contributed by atoms with van der Waals surface area (Å²) in [6.45, 7) is 5.11. The van der Waals surface area contributed by atoms with Gasteiger partial charge in [0.25, 0.3) is 11.6 Å². The first-order valence-electron chi connectivity index (χ1n) is 9.55. The first-order valence-corrected chi connectivity index (χ1v) is 9.55. The van der Waals surface area contributed by atoms with Crippen LogP contribution >= 0.6 is 0 Å². The lowest BCUT2D eigenvalue weighted by atomic mass is 10.1. The van der Waals surface area contributed by atoms with Crippen LogP contribution in [0.1, 0.15) is 41.3 Å². The van der Waals surface area contributed by atoms with E-state index >= 15 is 0 Å². The normalized spacial score (nSPS) is 13.5. The number of carbonyl (C=O) groups excluding carboxylic acids is 1. The first kappa shape index (κ1) is 19.8. The number of benzene rings is 2. The molecule has 2 aromatic rings. The third-order valence-electron chi connectivity index (χ3n) is 4.81. The topological polar surface area (TPSA) is 84.7 Å². The van der Waals surface area contributed by atoms with Gasteiger partial charge < -0.3 is 15.0 Å². The van der Waals surface area contributed by atoms with Crippen molar-refractivity contribution in [3.63, 3.8) is 0 Å². The minimum Gasteiger partial charge on any atom is -0.381 e. The number of nitrogens with zero attached hydrogens (tertiary/aromatic N) is 2. The summed E-state index contributed by atoms with van der Waals surface area (Å²) >= 11 is 0. The Kier molecular flexibility index (Phi) is 6.60. The summed E-state index contributed by atoms with van der Waals surface area (Å²) in [7, 11) is 0. The van der Waals surface area contributed by atoms with Crippen LogP contribution in [-0.2, 0) is 17.9 Å². The molecule has 0 bridgehead atoms. The van der Waals surface area contributed by atoms with Crippen LogP contribution in [0.25, 0.3) is 0 Å². The number of rotatable bonds is 8. The molecule has 2 aromatic carbocycles. The van der Waals surface area contributed by atoms with Crippen molar-refractivity contribution in [3.05, 3.63) is 69.3 Å². The van der Waals surface area contributed by atoms with Gasteiger partial charge in [0.1, 0.15) is 5.56 Å². The van der Waals surface area contributed by atoms with Crippen LogP contribution in [0.15, 0.2) is 42.5 Å². The molecular weight excluding hydrogens is 358 g/mol. The minimum atomic E-state index is -0.496. The Labute approximate surface area is 164 Å². The zero-order chi connectivity index (χ0) is 19.9. The summed E-state index contributed by atoms with van der Waals surface area (Å²) < 4.78 is 5.39. The summed E-state index contributed by atoms with van der Waals surface area (Å²) in [4.78, 5) is 25.2. The van der Waals surface area contributed by atoms with Crippen LogP contribution in [-0.4, -0.2) is 35.4 Å². The lowest BCUT2D eigenvalue weighted by Gasteiger charge is -2.16. The molecule has 28 heavy (non-hydrogen) atoms. The van der Waals surface area contributed by atoms with E-state index in [1.165, 1.54) is 6.07 Å². The van der Waals surface area contributed by atoms with Gasteiger partial charge in [0.15, 0.2) is 0 Å². The molecule has 0 spiro atoms. The fraction of sp³-hybridized carbons (Fsp3) is 0.381. The van der Waals surface area contributed by atoms with E-state index in [1.807, 2.05) is 31.2 Å². The Balaban J connectivity index is 1.70. The molecule has 0 aliphatic carbocycles. The number of carbonyl (C=O) groups is 1. The van der Waals surface area contributed by atoms with E-state index in [-0.39, 0.29) is 17.2 Å². The van der Waals surface area contributed by atoms with Gasteiger partial charge in [-0.1, -0.05) is 24.3 Å². The van der Waals surface area contributed by atoms with Gasteiger partial charge in [0.2, 0.25) is 0 Å². The molecule has 0 radical (unpaired) electrons. The summed E-state index contributed by atoms with van der Waals surface area (Å²) in [5, 5.41) is 14.6. The van der Waals surface area contributed by atoms with Crippen molar-refractivity contribution in [2.24, 2.45) is 0 Å². The highest BCUT2D eigenvalue weighted by atomic mass is 16.6. The van der Waals surface area contributed by atoms with E-state index in [1.54, 1.807) is 17.0 Å². The molecule has 7 heteroatoms. The lowest BCUT2D eigenvalue weighted by molar-refractivity contribution is -0.385. The molecule has 1 aliphatic heterocycles. The number of amides is 1. The smallest absolute Gasteiger partial charge is 0.282 e. The van der Waals surface area contributed by atoms with Crippen LogP contribution in [0.3, 0.4) is 0 Å². The maximum absolute atomic E-state index is 12.7. The molecular formula is C21H25N3O4. The van der Waals surface area contributed by atoms with Crippen LogP contribution < -0.4 is 5.32 Å². The molecule has 0 aromatic heterocycles. The third kappa shape index (κ3) is 4.86. The number of ether oxygens (including phenoxy) is 1. The standard InChI is InChI=1S/C21H25N3O4/c1-2-28-15-17-7-5-16(6-8-17)14-22-18-9-10-20(24(26)27)19(13-18)21(25)23-11-3-4-12-23/h5-10,13,22H,2-4,11-12,14-15H2,1H3. The van der Waals surface area contributed by atoms with E-state index in [2.05, 4.69) is 5.32 Å². The number of nitro benzene ring substituents is 1. The molecule has 1 aliphatic rings. The van der Waals surface area contributed by atoms with Gasteiger partial charge in [-0.2, -0.15) is 0 Å². The van der Waals surface area contributed by atoms with Crippen molar-refractivity contribution in [3.8, 4) is 0 Å². The molecule has 1 saturated heterocycles. The highest BCUT2D eigenvalue weighted by Crippen LogP contribution is 2.26. The van der Waals surface area contributed by atoms with E-state index < -0.39 is 4.92 Å². The van der Waals surface area contributed by atoms with Crippen molar-refractivity contribution >= 4 is 17.3 Å². The Morgan fingerprint density at radius 1 is 1.14 bits per heavy atom. The predicted octanol–water partition coefficient (Wildman–Crippen LogP) is 3.98. The molecule has 7 nitrogen and oxygen atoms in total. The second-order valence-corrected chi connectivity index (χ2v) is 6.80. The molecule has 148 valence electrons. The molecule has 1 heterocycles. The number of likely N-dealkylation sites (tertiary alicyclic amines) is 1. The van der Waals surface area contributed by atoms with Gasteiger partial charge in [0, 0.05) is 38.0 Å². The van der Waals surface area contributed by atoms with Crippen molar-refractivity contribution in [2.45, 2.75) is 32.9 Å². The Morgan fingerprint density at radius 3 is 2.46 bits per heavy atom. The minimum absolute atomic E-state index is 0.143. The van der Waals surface area contributed by atoms with Crippen LogP contribution in [0.2, 0.25) is 0 Å².